The molecule has 0 aliphatic heterocycles. The standard InChI is InChI=1S/C61H61N3/c1-58(2,3)38-18-25-51-45(30-38)46-31-39(59(4,5)6)19-26-52(46)63(51)42-22-16-36-14-15-37-17-24-55-57(56(37)44(36)34-42)49-35-43(23-29-50(49)62(55)13)64-53-27-20-40(60(7,8)9)32-47(53)48-33-41(61(10,11)12)21-28-54(48)64/h14-35H,1-13H3. The minimum Gasteiger partial charge on any atom is -0.344 e. The number of hydrogen-bond acceptors (Lipinski definition) is 0. The molecule has 0 unspecified atom stereocenters. The van der Waals surface area contributed by atoms with Crippen LogP contribution in [0.1, 0.15) is 105 Å². The molecule has 3 heterocycles. The third kappa shape index (κ3) is 6.06. The van der Waals surface area contributed by atoms with Crippen molar-refractivity contribution >= 4 is 87.0 Å². The maximum atomic E-state index is 2.50. The van der Waals surface area contributed by atoms with Crippen LogP contribution in [0.5, 0.6) is 0 Å². The van der Waals surface area contributed by atoms with Crippen LogP contribution in [-0.2, 0) is 28.7 Å². The summed E-state index contributed by atoms with van der Waals surface area (Å²) in [4.78, 5) is 0. The van der Waals surface area contributed by atoms with Crippen molar-refractivity contribution < 1.29 is 0 Å². The first-order valence-corrected chi connectivity index (χ1v) is 23.2. The Kier molecular flexibility index (Phi) is 8.45. The van der Waals surface area contributed by atoms with Gasteiger partial charge in [-0.2, -0.15) is 0 Å². The Morgan fingerprint density at radius 2 is 0.609 bits per heavy atom. The first-order valence-electron chi connectivity index (χ1n) is 23.2. The van der Waals surface area contributed by atoms with Crippen molar-refractivity contribution in [1.82, 2.24) is 13.7 Å². The molecular weight excluding hydrogens is 775 g/mol. The van der Waals surface area contributed by atoms with Crippen LogP contribution in [0.3, 0.4) is 0 Å². The summed E-state index contributed by atoms with van der Waals surface area (Å²) >= 11 is 0. The van der Waals surface area contributed by atoms with Crippen LogP contribution in [0.2, 0.25) is 0 Å². The Labute approximate surface area is 377 Å². The average Bonchev–Trinajstić information content (AvgIpc) is 3.85. The quantitative estimate of drug-likeness (QED) is 0.154. The Bertz CT molecular complexity index is 3610. The van der Waals surface area contributed by atoms with Gasteiger partial charge in [0.15, 0.2) is 0 Å². The van der Waals surface area contributed by atoms with Crippen LogP contribution in [0.25, 0.3) is 98.3 Å². The fourth-order valence-electron chi connectivity index (χ4n) is 10.6. The number of nitrogens with zero attached hydrogens (tertiary/aromatic N) is 3. The van der Waals surface area contributed by atoms with E-state index in [2.05, 4.69) is 237 Å². The summed E-state index contributed by atoms with van der Waals surface area (Å²) in [7, 11) is 2.23. The second kappa shape index (κ2) is 13.4. The van der Waals surface area contributed by atoms with Crippen LogP contribution >= 0.6 is 0 Å². The molecule has 64 heavy (non-hydrogen) atoms. The minimum absolute atomic E-state index is 0.0446. The molecule has 0 aliphatic rings. The summed E-state index contributed by atoms with van der Waals surface area (Å²) in [6.07, 6.45) is 0. The van der Waals surface area contributed by atoms with Gasteiger partial charge in [-0.3, -0.25) is 0 Å². The number of benzene rings is 8. The van der Waals surface area contributed by atoms with Gasteiger partial charge in [0.25, 0.3) is 0 Å². The predicted octanol–water partition coefficient (Wildman–Crippen LogP) is 17.0. The lowest BCUT2D eigenvalue weighted by Gasteiger charge is -2.19. The Balaban J connectivity index is 1.19. The van der Waals surface area contributed by atoms with E-state index >= 15 is 0 Å². The van der Waals surface area contributed by atoms with Crippen LogP contribution in [-0.4, -0.2) is 13.7 Å². The topological polar surface area (TPSA) is 14.8 Å². The van der Waals surface area contributed by atoms with Crippen LogP contribution in [0.4, 0.5) is 0 Å². The number of fused-ring (bicyclic) bond motifs is 13. The van der Waals surface area contributed by atoms with Gasteiger partial charge >= 0.3 is 0 Å². The van der Waals surface area contributed by atoms with E-state index in [4.69, 9.17) is 0 Å². The Morgan fingerprint density at radius 1 is 0.281 bits per heavy atom. The zero-order valence-electron chi connectivity index (χ0n) is 40.0. The summed E-state index contributed by atoms with van der Waals surface area (Å²) in [6, 6.07) is 52.0. The highest BCUT2D eigenvalue weighted by Crippen LogP contribution is 2.44. The van der Waals surface area contributed by atoms with Crippen molar-refractivity contribution in [2.75, 3.05) is 0 Å². The summed E-state index contributed by atoms with van der Waals surface area (Å²) in [5.74, 6) is 0. The normalized spacial score (nSPS) is 13.4. The van der Waals surface area contributed by atoms with E-state index in [0.717, 1.165) is 0 Å². The largest absolute Gasteiger partial charge is 0.344 e. The zero-order chi connectivity index (χ0) is 45.0. The van der Waals surface area contributed by atoms with Gasteiger partial charge < -0.3 is 13.7 Å². The molecule has 0 N–H and O–H groups in total. The van der Waals surface area contributed by atoms with Gasteiger partial charge in [-0.25, -0.2) is 0 Å². The van der Waals surface area contributed by atoms with E-state index in [9.17, 15) is 0 Å². The molecule has 8 aromatic carbocycles. The maximum absolute atomic E-state index is 2.50. The minimum atomic E-state index is 0.0446. The van der Waals surface area contributed by atoms with E-state index in [0.29, 0.717) is 0 Å². The lowest BCUT2D eigenvalue weighted by molar-refractivity contribution is 0.590. The van der Waals surface area contributed by atoms with E-state index in [-0.39, 0.29) is 21.7 Å². The highest BCUT2D eigenvalue weighted by Gasteiger charge is 2.24. The molecule has 3 nitrogen and oxygen atoms in total. The van der Waals surface area contributed by atoms with Gasteiger partial charge in [0.1, 0.15) is 0 Å². The Morgan fingerprint density at radius 3 is 1.03 bits per heavy atom. The van der Waals surface area contributed by atoms with Gasteiger partial charge in [0.05, 0.1) is 22.1 Å². The molecule has 0 aliphatic carbocycles. The SMILES string of the molecule is Cn1c2ccc(-n3c4ccc(C(C)(C)C)cc4c4cc(C(C)(C)C)ccc43)cc2c2c3c(ccc4ccc(-n5c6ccc(C(C)(C)C)cc6c6cc(C(C)(C)C)ccc65)cc43)ccc21. The highest BCUT2D eigenvalue weighted by atomic mass is 15.0. The summed E-state index contributed by atoms with van der Waals surface area (Å²) in [5.41, 5.74) is 15.4. The fraction of sp³-hybridized carbons (Fsp3) is 0.279. The van der Waals surface area contributed by atoms with Crippen molar-refractivity contribution in [3.8, 4) is 11.4 Å². The highest BCUT2D eigenvalue weighted by molar-refractivity contribution is 6.28. The second-order valence-corrected chi connectivity index (χ2v) is 22.9. The number of rotatable bonds is 2. The van der Waals surface area contributed by atoms with Crippen LogP contribution in [0.15, 0.2) is 133 Å². The monoisotopic (exact) mass is 835 g/mol. The smallest absolute Gasteiger partial charge is 0.0541 e. The predicted molar refractivity (Wildman–Crippen MR) is 279 cm³/mol. The second-order valence-electron chi connectivity index (χ2n) is 22.9. The zero-order valence-corrected chi connectivity index (χ0v) is 40.0. The molecule has 11 rings (SSSR count). The van der Waals surface area contributed by atoms with E-state index in [1.165, 1.54) is 121 Å². The van der Waals surface area contributed by atoms with Crippen molar-refractivity contribution in [1.29, 1.82) is 0 Å². The van der Waals surface area contributed by atoms with E-state index in [1.54, 1.807) is 0 Å². The molecule has 0 saturated heterocycles. The molecule has 0 fully saturated rings. The van der Waals surface area contributed by atoms with Crippen LogP contribution in [0, 0.1) is 0 Å². The molecule has 0 radical (unpaired) electrons. The van der Waals surface area contributed by atoms with Crippen molar-refractivity contribution in [2.24, 2.45) is 7.05 Å². The molecule has 11 aromatic rings. The summed E-state index contributed by atoms with van der Waals surface area (Å²) < 4.78 is 7.39. The van der Waals surface area contributed by atoms with Gasteiger partial charge in [-0.05, 0) is 150 Å². The lowest BCUT2D eigenvalue weighted by atomic mass is 9.85. The molecule has 0 spiro atoms. The van der Waals surface area contributed by atoms with Gasteiger partial charge in [-0.15, -0.1) is 0 Å². The first-order chi connectivity index (χ1) is 30.2. The molecule has 3 aromatic heterocycles. The van der Waals surface area contributed by atoms with E-state index in [1.807, 2.05) is 0 Å². The Hall–Kier alpha value is -6.32. The van der Waals surface area contributed by atoms with Crippen LogP contribution < -0.4 is 0 Å². The van der Waals surface area contributed by atoms with Gasteiger partial charge in [0, 0.05) is 61.8 Å². The molecular formula is C61H61N3. The van der Waals surface area contributed by atoms with Gasteiger partial charge in [-0.1, -0.05) is 132 Å². The lowest BCUT2D eigenvalue weighted by Crippen LogP contribution is -2.10. The van der Waals surface area contributed by atoms with Gasteiger partial charge in [0.2, 0.25) is 0 Å². The van der Waals surface area contributed by atoms with E-state index < -0.39 is 0 Å². The van der Waals surface area contributed by atoms with Crippen molar-refractivity contribution in [3.63, 3.8) is 0 Å². The van der Waals surface area contributed by atoms with Crippen molar-refractivity contribution in [3.05, 3.63) is 156 Å². The molecule has 0 amide bonds. The molecule has 3 heteroatoms. The number of hydrogen-bond donors (Lipinski definition) is 0. The maximum Gasteiger partial charge on any atom is 0.0541 e. The average molecular weight is 836 g/mol. The molecule has 0 saturated carbocycles. The number of aryl methyl sites for hydroxylation is 1. The summed E-state index contributed by atoms with van der Waals surface area (Å²) in [6.45, 7) is 27.8. The third-order valence-electron chi connectivity index (χ3n) is 14.4. The number of aromatic nitrogens is 3. The van der Waals surface area contributed by atoms with Crippen molar-refractivity contribution in [2.45, 2.75) is 105 Å². The first kappa shape index (κ1) is 40.5. The molecule has 0 bridgehead atoms. The molecule has 0 atom stereocenters. The third-order valence-corrected chi connectivity index (χ3v) is 14.4. The fourth-order valence-corrected chi connectivity index (χ4v) is 10.6. The molecule has 320 valence electrons. The summed E-state index contributed by atoms with van der Waals surface area (Å²) in [5, 5.41) is 12.9.